The van der Waals surface area contributed by atoms with Crippen LogP contribution in [0.15, 0.2) is 64.1 Å². The van der Waals surface area contributed by atoms with Crippen LogP contribution in [0.4, 0.5) is 0 Å². The minimum atomic E-state index is -0.785. The summed E-state index contributed by atoms with van der Waals surface area (Å²) in [5.74, 6) is 0. The fourth-order valence-corrected chi connectivity index (χ4v) is 2.83. The van der Waals surface area contributed by atoms with Gasteiger partial charge in [0, 0.05) is 5.39 Å². The molecule has 0 aliphatic rings. The zero-order valence-electron chi connectivity index (χ0n) is 13.1. The molecule has 0 radical (unpaired) electrons. The molecule has 0 bridgehead atoms. The van der Waals surface area contributed by atoms with E-state index < -0.39 is 6.10 Å². The van der Waals surface area contributed by atoms with Gasteiger partial charge in [-0.15, -0.1) is 0 Å². The average Bonchev–Trinajstić information content (AvgIpc) is 2.97. The highest BCUT2D eigenvalue weighted by Gasteiger charge is 2.15. The number of aryl methyl sites for hydroxylation is 1. The molecule has 4 aromatic rings. The van der Waals surface area contributed by atoms with Crippen LogP contribution in [0.1, 0.15) is 17.2 Å². The number of fused-ring (bicyclic) bond motifs is 3. The molecule has 0 aliphatic carbocycles. The van der Waals surface area contributed by atoms with Crippen molar-refractivity contribution in [3.05, 3.63) is 76.3 Å². The number of hydrogen-bond acceptors (Lipinski definition) is 4. The molecule has 2 heterocycles. The lowest BCUT2D eigenvalue weighted by molar-refractivity contribution is 0.154. The highest BCUT2D eigenvalue weighted by atomic mass is 16.3. The number of aliphatic hydroxyl groups excluding tert-OH is 1. The van der Waals surface area contributed by atoms with Gasteiger partial charge in [0.1, 0.15) is 11.1 Å². The average molecular weight is 320 g/mol. The summed E-state index contributed by atoms with van der Waals surface area (Å²) in [4.78, 5) is 17.0. The molecule has 0 spiro atoms. The van der Waals surface area contributed by atoms with Crippen LogP contribution in [-0.4, -0.2) is 14.7 Å². The summed E-state index contributed by atoms with van der Waals surface area (Å²) in [6, 6.07) is 15.0. The van der Waals surface area contributed by atoms with Crippen LogP contribution in [0.5, 0.6) is 0 Å². The maximum Gasteiger partial charge on any atom is 0.297 e. The van der Waals surface area contributed by atoms with Gasteiger partial charge in [-0.25, -0.2) is 4.98 Å². The van der Waals surface area contributed by atoms with Crippen molar-refractivity contribution in [1.29, 1.82) is 0 Å². The normalized spacial score (nSPS) is 12.8. The highest BCUT2D eigenvalue weighted by molar-refractivity contribution is 6.01. The lowest BCUT2D eigenvalue weighted by Crippen LogP contribution is -2.23. The second kappa shape index (κ2) is 5.62. The number of hydrogen-bond donors (Lipinski definition) is 1. The molecule has 0 amide bonds. The molecule has 2 aromatic carbocycles. The van der Waals surface area contributed by atoms with Crippen molar-refractivity contribution in [3.63, 3.8) is 0 Å². The van der Waals surface area contributed by atoms with Gasteiger partial charge in [-0.1, -0.05) is 42.0 Å². The third-order valence-electron chi connectivity index (χ3n) is 4.18. The predicted molar refractivity (Wildman–Crippen MR) is 91.9 cm³/mol. The molecule has 1 atom stereocenters. The van der Waals surface area contributed by atoms with Crippen molar-refractivity contribution in [2.75, 3.05) is 0 Å². The van der Waals surface area contributed by atoms with E-state index in [2.05, 4.69) is 4.98 Å². The first-order valence-electron chi connectivity index (χ1n) is 7.75. The largest absolute Gasteiger partial charge is 0.448 e. The SMILES string of the molecule is Cc1ccc(C(O)Cn2cnc3c(oc4ccccc43)c2=O)cc1. The quantitative estimate of drug-likeness (QED) is 0.629. The second-order valence-corrected chi connectivity index (χ2v) is 5.90. The molecular formula is C19H16N2O3. The Bertz CT molecular complexity index is 1080. The zero-order valence-corrected chi connectivity index (χ0v) is 13.1. The Morgan fingerprint density at radius 2 is 1.92 bits per heavy atom. The van der Waals surface area contributed by atoms with Crippen molar-refractivity contribution in [2.24, 2.45) is 0 Å². The lowest BCUT2D eigenvalue weighted by Gasteiger charge is -2.12. The number of aliphatic hydroxyl groups is 1. The van der Waals surface area contributed by atoms with Crippen molar-refractivity contribution in [3.8, 4) is 0 Å². The third-order valence-corrected chi connectivity index (χ3v) is 4.18. The van der Waals surface area contributed by atoms with Gasteiger partial charge < -0.3 is 9.52 Å². The maximum absolute atomic E-state index is 12.6. The monoisotopic (exact) mass is 320 g/mol. The molecule has 0 saturated heterocycles. The van der Waals surface area contributed by atoms with Crippen LogP contribution in [0.3, 0.4) is 0 Å². The Kier molecular flexibility index (Phi) is 3.43. The van der Waals surface area contributed by atoms with E-state index in [0.717, 1.165) is 16.5 Å². The molecule has 120 valence electrons. The second-order valence-electron chi connectivity index (χ2n) is 5.90. The van der Waals surface area contributed by atoms with Gasteiger partial charge in [0.15, 0.2) is 0 Å². The molecule has 1 unspecified atom stereocenters. The lowest BCUT2D eigenvalue weighted by atomic mass is 10.1. The van der Waals surface area contributed by atoms with Crippen molar-refractivity contribution >= 4 is 22.1 Å². The summed E-state index contributed by atoms with van der Waals surface area (Å²) in [6.07, 6.45) is 0.677. The molecule has 0 fully saturated rings. The van der Waals surface area contributed by atoms with Crippen LogP contribution in [-0.2, 0) is 6.54 Å². The van der Waals surface area contributed by atoms with E-state index in [1.54, 1.807) is 0 Å². The first-order chi connectivity index (χ1) is 11.6. The van der Waals surface area contributed by atoms with E-state index in [1.807, 2.05) is 55.5 Å². The number of aromatic nitrogens is 2. The van der Waals surface area contributed by atoms with Crippen LogP contribution in [0, 0.1) is 6.92 Å². The number of nitrogens with zero attached hydrogens (tertiary/aromatic N) is 2. The van der Waals surface area contributed by atoms with Crippen molar-refractivity contribution in [1.82, 2.24) is 9.55 Å². The van der Waals surface area contributed by atoms with Gasteiger partial charge in [-0.3, -0.25) is 9.36 Å². The first-order valence-corrected chi connectivity index (χ1v) is 7.75. The maximum atomic E-state index is 12.6. The van der Waals surface area contributed by atoms with Crippen LogP contribution < -0.4 is 5.56 Å². The van der Waals surface area contributed by atoms with Gasteiger partial charge in [0.25, 0.3) is 5.56 Å². The Balaban J connectivity index is 1.74. The Morgan fingerprint density at radius 1 is 1.17 bits per heavy atom. The molecule has 0 aliphatic heterocycles. The van der Waals surface area contributed by atoms with E-state index in [9.17, 15) is 9.90 Å². The number of para-hydroxylation sites is 1. The molecule has 4 rings (SSSR count). The molecule has 5 heteroatoms. The summed E-state index contributed by atoms with van der Waals surface area (Å²) in [5, 5.41) is 11.2. The van der Waals surface area contributed by atoms with Gasteiger partial charge in [-0.2, -0.15) is 0 Å². The fraction of sp³-hybridized carbons (Fsp3) is 0.158. The van der Waals surface area contributed by atoms with E-state index in [0.29, 0.717) is 11.1 Å². The van der Waals surface area contributed by atoms with Gasteiger partial charge in [0.05, 0.1) is 19.0 Å². The summed E-state index contributed by atoms with van der Waals surface area (Å²) in [5.41, 5.74) is 2.99. The number of furan rings is 1. The van der Waals surface area contributed by atoms with Crippen LogP contribution in [0.2, 0.25) is 0 Å². The number of rotatable bonds is 3. The van der Waals surface area contributed by atoms with Crippen molar-refractivity contribution < 1.29 is 9.52 Å². The minimum absolute atomic E-state index is 0.127. The summed E-state index contributed by atoms with van der Waals surface area (Å²) >= 11 is 0. The predicted octanol–water partition coefficient (Wildman–Crippen LogP) is 3.18. The Labute approximate surface area is 137 Å². The zero-order chi connectivity index (χ0) is 16.7. The molecule has 2 aromatic heterocycles. The summed E-state index contributed by atoms with van der Waals surface area (Å²) < 4.78 is 7.03. The molecule has 1 N–H and O–H groups in total. The van der Waals surface area contributed by atoms with E-state index in [1.165, 1.54) is 10.9 Å². The van der Waals surface area contributed by atoms with Crippen molar-refractivity contribution in [2.45, 2.75) is 19.6 Å². The first kappa shape index (κ1) is 14.7. The molecule has 24 heavy (non-hydrogen) atoms. The highest BCUT2D eigenvalue weighted by Crippen LogP contribution is 2.24. The Hall–Kier alpha value is -2.92. The molecule has 0 saturated carbocycles. The van der Waals surface area contributed by atoms with Gasteiger partial charge >= 0.3 is 0 Å². The Morgan fingerprint density at radius 3 is 2.71 bits per heavy atom. The van der Waals surface area contributed by atoms with Gasteiger partial charge in [-0.05, 0) is 24.6 Å². The molecule has 5 nitrogen and oxygen atoms in total. The third kappa shape index (κ3) is 2.39. The fourth-order valence-electron chi connectivity index (χ4n) is 2.83. The van der Waals surface area contributed by atoms with E-state index >= 15 is 0 Å². The van der Waals surface area contributed by atoms with Crippen LogP contribution >= 0.6 is 0 Å². The summed E-state index contributed by atoms with van der Waals surface area (Å²) in [6.45, 7) is 2.11. The van der Waals surface area contributed by atoms with E-state index in [-0.39, 0.29) is 17.7 Å². The van der Waals surface area contributed by atoms with Crippen LogP contribution in [0.25, 0.3) is 22.1 Å². The van der Waals surface area contributed by atoms with E-state index in [4.69, 9.17) is 4.42 Å². The molecular weight excluding hydrogens is 304 g/mol. The van der Waals surface area contributed by atoms with Gasteiger partial charge in [0.2, 0.25) is 5.58 Å². The minimum Gasteiger partial charge on any atom is -0.448 e. The topological polar surface area (TPSA) is 68.3 Å². The smallest absolute Gasteiger partial charge is 0.297 e. The standard InChI is InChI=1S/C19H16N2O3/c1-12-6-8-13(9-7-12)15(22)10-21-11-20-17-14-4-2-3-5-16(14)24-18(17)19(21)23/h2-9,11,15,22H,10H2,1H3. The number of benzene rings is 2. The summed E-state index contributed by atoms with van der Waals surface area (Å²) in [7, 11) is 0.